The number of para-hydroxylation sites is 1. The smallest absolute Gasteiger partial charge is 0.240 e. The van der Waals surface area contributed by atoms with Crippen LogP contribution in [-0.4, -0.2) is 15.0 Å². The molecule has 0 saturated heterocycles. The molecule has 0 saturated carbocycles. The van der Waals surface area contributed by atoms with Crippen molar-refractivity contribution in [3.8, 4) is 0 Å². The SMILES string of the molecule is CCc1cccc(CC)c1N[C@H](CNS(=O)(=O)c1ccc(C)cc1)c1ccccc1. The molecule has 0 aliphatic heterocycles. The lowest BCUT2D eigenvalue weighted by molar-refractivity contribution is 0.576. The Hall–Kier alpha value is -2.63. The molecule has 0 bridgehead atoms. The summed E-state index contributed by atoms with van der Waals surface area (Å²) < 4.78 is 28.5. The van der Waals surface area contributed by atoms with E-state index in [9.17, 15) is 8.42 Å². The van der Waals surface area contributed by atoms with E-state index in [0.29, 0.717) is 0 Å². The highest BCUT2D eigenvalue weighted by Crippen LogP contribution is 2.27. The number of aryl methyl sites for hydroxylation is 3. The first kappa shape index (κ1) is 22.1. The van der Waals surface area contributed by atoms with Gasteiger partial charge in [0.1, 0.15) is 0 Å². The van der Waals surface area contributed by atoms with Gasteiger partial charge in [0.25, 0.3) is 0 Å². The summed E-state index contributed by atoms with van der Waals surface area (Å²) in [5.41, 5.74) is 5.64. The number of nitrogens with one attached hydrogen (secondary N) is 2. The van der Waals surface area contributed by atoms with Gasteiger partial charge in [-0.15, -0.1) is 0 Å². The van der Waals surface area contributed by atoms with E-state index in [1.165, 1.54) is 11.1 Å². The second-order valence-electron chi connectivity index (χ2n) is 7.43. The molecule has 3 aromatic rings. The molecule has 4 nitrogen and oxygen atoms in total. The Bertz CT molecular complexity index is 1040. The highest BCUT2D eigenvalue weighted by Gasteiger charge is 2.20. The summed E-state index contributed by atoms with van der Waals surface area (Å²) in [7, 11) is -3.59. The van der Waals surface area contributed by atoms with Gasteiger partial charge in [-0.2, -0.15) is 0 Å². The van der Waals surface area contributed by atoms with Crippen LogP contribution < -0.4 is 10.0 Å². The van der Waals surface area contributed by atoms with Gasteiger partial charge >= 0.3 is 0 Å². The highest BCUT2D eigenvalue weighted by molar-refractivity contribution is 7.89. The molecule has 0 aliphatic carbocycles. The zero-order valence-corrected chi connectivity index (χ0v) is 18.7. The molecule has 2 N–H and O–H groups in total. The summed E-state index contributed by atoms with van der Waals surface area (Å²) in [6, 6.07) is 23.0. The van der Waals surface area contributed by atoms with Gasteiger partial charge in [0.15, 0.2) is 0 Å². The standard InChI is InChI=1S/C25H30N2O2S/c1-4-20-12-9-13-21(5-2)25(20)27-24(22-10-7-6-8-11-22)18-26-30(28,29)23-16-14-19(3)15-17-23/h6-17,24,26-27H,4-5,18H2,1-3H3/t24-/m1/s1. The lowest BCUT2D eigenvalue weighted by atomic mass is 10.0. The third-order valence-corrected chi connectivity index (χ3v) is 6.77. The van der Waals surface area contributed by atoms with Crippen LogP contribution in [0.2, 0.25) is 0 Å². The first-order valence-corrected chi connectivity index (χ1v) is 11.9. The molecule has 0 spiro atoms. The summed E-state index contributed by atoms with van der Waals surface area (Å²) in [5, 5.41) is 3.64. The van der Waals surface area contributed by atoms with E-state index in [0.717, 1.165) is 29.7 Å². The van der Waals surface area contributed by atoms with Crippen LogP contribution in [0, 0.1) is 6.92 Å². The van der Waals surface area contributed by atoms with Crippen LogP contribution in [0.5, 0.6) is 0 Å². The van der Waals surface area contributed by atoms with E-state index in [1.54, 1.807) is 12.1 Å². The topological polar surface area (TPSA) is 58.2 Å². The number of sulfonamides is 1. The Kier molecular flexibility index (Phi) is 7.29. The molecule has 0 radical (unpaired) electrons. The van der Waals surface area contributed by atoms with Crippen molar-refractivity contribution in [2.45, 2.75) is 44.6 Å². The van der Waals surface area contributed by atoms with Gasteiger partial charge in [-0.3, -0.25) is 0 Å². The normalized spacial score (nSPS) is 12.5. The minimum Gasteiger partial charge on any atom is -0.376 e. The fourth-order valence-electron chi connectivity index (χ4n) is 3.53. The van der Waals surface area contributed by atoms with Crippen molar-refractivity contribution in [3.05, 3.63) is 95.1 Å². The van der Waals surface area contributed by atoms with Crippen LogP contribution in [-0.2, 0) is 22.9 Å². The Labute approximate surface area is 180 Å². The predicted molar refractivity (Wildman–Crippen MR) is 124 cm³/mol. The Morgan fingerprint density at radius 2 is 1.40 bits per heavy atom. The molecule has 0 amide bonds. The van der Waals surface area contributed by atoms with E-state index >= 15 is 0 Å². The van der Waals surface area contributed by atoms with Gasteiger partial charge in [0, 0.05) is 12.2 Å². The number of hydrogen-bond acceptors (Lipinski definition) is 3. The first-order chi connectivity index (χ1) is 14.4. The minimum absolute atomic E-state index is 0.190. The van der Waals surface area contributed by atoms with Gasteiger partial charge < -0.3 is 5.32 Å². The van der Waals surface area contributed by atoms with Crippen molar-refractivity contribution in [2.24, 2.45) is 0 Å². The average molecular weight is 423 g/mol. The molecular weight excluding hydrogens is 392 g/mol. The molecule has 3 rings (SSSR count). The third-order valence-electron chi connectivity index (χ3n) is 5.33. The summed E-state index contributed by atoms with van der Waals surface area (Å²) in [6.07, 6.45) is 1.82. The van der Waals surface area contributed by atoms with E-state index in [1.807, 2.05) is 49.4 Å². The van der Waals surface area contributed by atoms with Crippen molar-refractivity contribution >= 4 is 15.7 Å². The lowest BCUT2D eigenvalue weighted by Crippen LogP contribution is -2.32. The molecule has 0 aromatic heterocycles. The van der Waals surface area contributed by atoms with E-state index in [4.69, 9.17) is 0 Å². The molecule has 0 unspecified atom stereocenters. The minimum atomic E-state index is -3.59. The van der Waals surface area contributed by atoms with Gasteiger partial charge in [-0.05, 0) is 48.6 Å². The largest absolute Gasteiger partial charge is 0.376 e. The second kappa shape index (κ2) is 9.92. The number of benzene rings is 3. The van der Waals surface area contributed by atoms with E-state index in [2.05, 4.69) is 42.1 Å². The van der Waals surface area contributed by atoms with Crippen molar-refractivity contribution in [1.29, 1.82) is 0 Å². The lowest BCUT2D eigenvalue weighted by Gasteiger charge is -2.24. The molecule has 0 aliphatic rings. The molecule has 0 heterocycles. The van der Waals surface area contributed by atoms with Gasteiger partial charge in [0.05, 0.1) is 10.9 Å². The number of hydrogen-bond donors (Lipinski definition) is 2. The monoisotopic (exact) mass is 422 g/mol. The molecule has 1 atom stereocenters. The van der Waals surface area contributed by atoms with Crippen molar-refractivity contribution in [1.82, 2.24) is 4.72 Å². The molecule has 30 heavy (non-hydrogen) atoms. The van der Waals surface area contributed by atoms with E-state index < -0.39 is 10.0 Å². The first-order valence-electron chi connectivity index (χ1n) is 10.4. The van der Waals surface area contributed by atoms with Crippen LogP contribution >= 0.6 is 0 Å². The number of rotatable bonds is 9. The maximum absolute atomic E-state index is 12.8. The molecule has 0 fully saturated rings. The Balaban J connectivity index is 1.89. The van der Waals surface area contributed by atoms with Crippen molar-refractivity contribution in [2.75, 3.05) is 11.9 Å². The highest BCUT2D eigenvalue weighted by atomic mass is 32.2. The Morgan fingerprint density at radius 1 is 0.800 bits per heavy atom. The maximum atomic E-state index is 12.8. The van der Waals surface area contributed by atoms with Crippen LogP contribution in [0.3, 0.4) is 0 Å². The summed E-state index contributed by atoms with van der Waals surface area (Å²) in [5.74, 6) is 0. The maximum Gasteiger partial charge on any atom is 0.240 e. The fraction of sp³-hybridized carbons (Fsp3) is 0.280. The quantitative estimate of drug-likeness (QED) is 0.495. The summed E-state index contributed by atoms with van der Waals surface area (Å²) in [4.78, 5) is 0.281. The van der Waals surface area contributed by atoms with Crippen LogP contribution in [0.1, 0.15) is 42.1 Å². The van der Waals surface area contributed by atoms with E-state index in [-0.39, 0.29) is 17.5 Å². The molecule has 5 heteroatoms. The van der Waals surface area contributed by atoms with Crippen molar-refractivity contribution in [3.63, 3.8) is 0 Å². The summed E-state index contributed by atoms with van der Waals surface area (Å²) >= 11 is 0. The molecule has 158 valence electrons. The van der Waals surface area contributed by atoms with Crippen LogP contribution in [0.15, 0.2) is 77.7 Å². The zero-order chi connectivity index (χ0) is 21.6. The fourth-order valence-corrected chi connectivity index (χ4v) is 4.58. The van der Waals surface area contributed by atoms with Gasteiger partial charge in [0.2, 0.25) is 10.0 Å². The van der Waals surface area contributed by atoms with Crippen LogP contribution in [0.4, 0.5) is 5.69 Å². The molecular formula is C25H30N2O2S. The summed E-state index contributed by atoms with van der Waals surface area (Å²) in [6.45, 7) is 6.46. The number of anilines is 1. The second-order valence-corrected chi connectivity index (χ2v) is 9.20. The average Bonchev–Trinajstić information content (AvgIpc) is 2.77. The van der Waals surface area contributed by atoms with Crippen LogP contribution in [0.25, 0.3) is 0 Å². The Morgan fingerprint density at radius 3 is 1.97 bits per heavy atom. The molecule has 3 aromatic carbocycles. The third kappa shape index (κ3) is 5.29. The van der Waals surface area contributed by atoms with Crippen molar-refractivity contribution < 1.29 is 8.42 Å². The van der Waals surface area contributed by atoms with Gasteiger partial charge in [-0.1, -0.05) is 80.1 Å². The predicted octanol–water partition coefficient (Wildman–Crippen LogP) is 5.25. The van der Waals surface area contributed by atoms with Gasteiger partial charge in [-0.25, -0.2) is 13.1 Å². The zero-order valence-electron chi connectivity index (χ0n) is 17.9.